The van der Waals surface area contributed by atoms with Crippen LogP contribution in [-0.2, 0) is 9.53 Å². The molecule has 0 unspecified atom stereocenters. The molecule has 1 heterocycles. The topological polar surface area (TPSA) is 49.8 Å². The van der Waals surface area contributed by atoms with Gasteiger partial charge < -0.3 is 14.7 Å². The molecule has 0 radical (unpaired) electrons. The van der Waals surface area contributed by atoms with E-state index in [9.17, 15) is 4.79 Å². The Bertz CT molecular complexity index is 696. The minimum absolute atomic E-state index is 0.198. The lowest BCUT2D eigenvalue weighted by atomic mass is 9.97. The molecule has 1 fully saturated rings. The molecular weight excluding hydrogens is 385 g/mol. The molecule has 0 amide bonds. The summed E-state index contributed by atoms with van der Waals surface area (Å²) in [5, 5.41) is 10.5. The van der Waals surface area contributed by atoms with Gasteiger partial charge in [-0.05, 0) is 61.3 Å². The van der Waals surface area contributed by atoms with E-state index in [1.165, 1.54) is 0 Å². The van der Waals surface area contributed by atoms with E-state index < -0.39 is 5.97 Å². The fraction of sp³-hybridized carbons (Fsp3) is 0.381. The van der Waals surface area contributed by atoms with Crippen LogP contribution in [0.1, 0.15) is 30.1 Å². The number of carbonyl (C=O) groups is 1. The van der Waals surface area contributed by atoms with Crippen LogP contribution in [0, 0.1) is 5.92 Å². The number of nitrogens with zero attached hydrogens (tertiary/aromatic N) is 1. The Morgan fingerprint density at radius 3 is 1.93 bits per heavy atom. The predicted molar refractivity (Wildman–Crippen MR) is 107 cm³/mol. The van der Waals surface area contributed by atoms with E-state index in [4.69, 9.17) is 33.0 Å². The third kappa shape index (κ3) is 5.69. The van der Waals surface area contributed by atoms with Crippen molar-refractivity contribution in [2.45, 2.75) is 18.9 Å². The Hall–Kier alpha value is -1.59. The smallest absolute Gasteiger partial charge is 0.306 e. The molecule has 0 saturated carbocycles. The van der Waals surface area contributed by atoms with Crippen LogP contribution < -0.4 is 0 Å². The molecular formula is C21H23Cl2NO3. The van der Waals surface area contributed by atoms with E-state index in [1.807, 2.05) is 48.5 Å². The van der Waals surface area contributed by atoms with Gasteiger partial charge in [-0.2, -0.15) is 0 Å². The maximum Gasteiger partial charge on any atom is 0.306 e. The Kier molecular flexibility index (Phi) is 7.13. The van der Waals surface area contributed by atoms with Crippen molar-refractivity contribution in [1.29, 1.82) is 0 Å². The number of carboxylic acid groups (broad SMARTS) is 1. The van der Waals surface area contributed by atoms with Gasteiger partial charge in [-0.1, -0.05) is 47.5 Å². The number of hydrogen-bond acceptors (Lipinski definition) is 3. The number of rotatable bonds is 7. The molecule has 0 bridgehead atoms. The van der Waals surface area contributed by atoms with Crippen molar-refractivity contribution in [2.75, 3.05) is 26.2 Å². The zero-order valence-electron chi connectivity index (χ0n) is 15.0. The SMILES string of the molecule is O=C(O)C1CCN(CCOC(c2ccc(Cl)cc2)c2ccc(Cl)cc2)CC1. The summed E-state index contributed by atoms with van der Waals surface area (Å²) >= 11 is 12.0. The first kappa shape index (κ1) is 20.2. The second-order valence-corrected chi connectivity index (χ2v) is 7.68. The molecule has 144 valence electrons. The van der Waals surface area contributed by atoms with E-state index in [2.05, 4.69) is 4.90 Å². The lowest BCUT2D eigenvalue weighted by molar-refractivity contribution is -0.143. The van der Waals surface area contributed by atoms with E-state index in [0.717, 1.165) is 30.8 Å². The maximum atomic E-state index is 11.1. The molecule has 0 spiro atoms. The van der Waals surface area contributed by atoms with E-state index >= 15 is 0 Å². The Morgan fingerprint density at radius 2 is 1.48 bits per heavy atom. The standard InChI is InChI=1S/C21H23Cl2NO3/c22-18-5-1-15(2-6-18)20(16-3-7-19(23)8-4-16)27-14-13-24-11-9-17(10-12-24)21(25)26/h1-8,17,20H,9-14H2,(H,25,26). The fourth-order valence-electron chi connectivity index (χ4n) is 3.36. The van der Waals surface area contributed by atoms with Crippen molar-refractivity contribution in [3.05, 3.63) is 69.7 Å². The molecule has 1 N–H and O–H groups in total. The van der Waals surface area contributed by atoms with Gasteiger partial charge in [0.1, 0.15) is 6.10 Å². The second kappa shape index (κ2) is 9.56. The Balaban J connectivity index is 1.61. The first-order valence-corrected chi connectivity index (χ1v) is 9.86. The number of halogens is 2. The summed E-state index contributed by atoms with van der Waals surface area (Å²) < 4.78 is 6.23. The molecule has 1 aliphatic rings. The minimum Gasteiger partial charge on any atom is -0.481 e. The predicted octanol–water partition coefficient (Wildman–Crippen LogP) is 4.90. The van der Waals surface area contributed by atoms with Crippen LogP contribution in [-0.4, -0.2) is 42.2 Å². The van der Waals surface area contributed by atoms with Crippen LogP contribution in [0.5, 0.6) is 0 Å². The summed E-state index contributed by atoms with van der Waals surface area (Å²) in [7, 11) is 0. The number of hydrogen-bond donors (Lipinski definition) is 1. The van der Waals surface area contributed by atoms with Crippen LogP contribution in [0.2, 0.25) is 10.0 Å². The number of aliphatic carboxylic acids is 1. The summed E-state index contributed by atoms with van der Waals surface area (Å²) in [4.78, 5) is 13.3. The summed E-state index contributed by atoms with van der Waals surface area (Å²) in [6.07, 6.45) is 1.20. The molecule has 0 aromatic heterocycles. The highest BCUT2D eigenvalue weighted by Crippen LogP contribution is 2.28. The average molecular weight is 408 g/mol. The number of piperidine rings is 1. The molecule has 3 rings (SSSR count). The van der Waals surface area contributed by atoms with Crippen molar-refractivity contribution in [2.24, 2.45) is 5.92 Å². The number of ether oxygens (including phenoxy) is 1. The molecule has 1 saturated heterocycles. The van der Waals surface area contributed by atoms with Gasteiger partial charge in [0, 0.05) is 16.6 Å². The first-order chi connectivity index (χ1) is 13.0. The zero-order valence-corrected chi connectivity index (χ0v) is 16.5. The Labute approximate surface area is 169 Å². The van der Waals surface area contributed by atoms with Gasteiger partial charge in [0.25, 0.3) is 0 Å². The monoisotopic (exact) mass is 407 g/mol. The normalized spacial score (nSPS) is 16.0. The number of likely N-dealkylation sites (tertiary alicyclic amines) is 1. The Morgan fingerprint density at radius 1 is 1.00 bits per heavy atom. The first-order valence-electron chi connectivity index (χ1n) is 9.10. The van der Waals surface area contributed by atoms with Crippen molar-refractivity contribution < 1.29 is 14.6 Å². The van der Waals surface area contributed by atoms with Crippen molar-refractivity contribution in [3.63, 3.8) is 0 Å². The summed E-state index contributed by atoms with van der Waals surface area (Å²) in [5.74, 6) is -0.894. The van der Waals surface area contributed by atoms with Crippen molar-refractivity contribution >= 4 is 29.2 Å². The van der Waals surface area contributed by atoms with Crippen LogP contribution in [0.3, 0.4) is 0 Å². The van der Waals surface area contributed by atoms with Gasteiger partial charge in [0.05, 0.1) is 12.5 Å². The quantitative estimate of drug-likeness (QED) is 0.709. The highest BCUT2D eigenvalue weighted by molar-refractivity contribution is 6.30. The van der Waals surface area contributed by atoms with E-state index in [0.29, 0.717) is 29.5 Å². The third-order valence-electron chi connectivity index (χ3n) is 4.97. The molecule has 2 aromatic rings. The van der Waals surface area contributed by atoms with Crippen LogP contribution >= 0.6 is 23.2 Å². The van der Waals surface area contributed by atoms with Crippen LogP contribution in [0.25, 0.3) is 0 Å². The van der Waals surface area contributed by atoms with E-state index in [1.54, 1.807) is 0 Å². The second-order valence-electron chi connectivity index (χ2n) is 6.81. The number of carboxylic acids is 1. The summed E-state index contributed by atoms with van der Waals surface area (Å²) in [6.45, 7) is 2.94. The maximum absolute atomic E-state index is 11.1. The lowest BCUT2D eigenvalue weighted by Crippen LogP contribution is -2.38. The highest BCUT2D eigenvalue weighted by Gasteiger charge is 2.24. The van der Waals surface area contributed by atoms with Crippen molar-refractivity contribution in [3.8, 4) is 0 Å². The van der Waals surface area contributed by atoms with Gasteiger partial charge in [-0.3, -0.25) is 4.79 Å². The molecule has 27 heavy (non-hydrogen) atoms. The fourth-order valence-corrected chi connectivity index (χ4v) is 3.62. The van der Waals surface area contributed by atoms with Crippen molar-refractivity contribution in [1.82, 2.24) is 4.90 Å². The highest BCUT2D eigenvalue weighted by atomic mass is 35.5. The lowest BCUT2D eigenvalue weighted by Gasteiger charge is -2.30. The van der Waals surface area contributed by atoms with Crippen LogP contribution in [0.15, 0.2) is 48.5 Å². The minimum atomic E-state index is -0.684. The molecule has 6 heteroatoms. The van der Waals surface area contributed by atoms with Gasteiger partial charge in [0.15, 0.2) is 0 Å². The molecule has 0 aliphatic carbocycles. The molecule has 0 atom stereocenters. The average Bonchev–Trinajstić information content (AvgIpc) is 2.67. The summed E-state index contributed by atoms with van der Waals surface area (Å²) in [5.41, 5.74) is 2.07. The molecule has 2 aromatic carbocycles. The van der Waals surface area contributed by atoms with E-state index in [-0.39, 0.29) is 12.0 Å². The number of benzene rings is 2. The van der Waals surface area contributed by atoms with Gasteiger partial charge in [0.2, 0.25) is 0 Å². The summed E-state index contributed by atoms with van der Waals surface area (Å²) in [6, 6.07) is 15.3. The van der Waals surface area contributed by atoms with Crippen LogP contribution in [0.4, 0.5) is 0 Å². The zero-order chi connectivity index (χ0) is 19.2. The van der Waals surface area contributed by atoms with Gasteiger partial charge in [-0.25, -0.2) is 0 Å². The largest absolute Gasteiger partial charge is 0.481 e. The van der Waals surface area contributed by atoms with Gasteiger partial charge >= 0.3 is 5.97 Å². The van der Waals surface area contributed by atoms with Gasteiger partial charge in [-0.15, -0.1) is 0 Å². The molecule has 1 aliphatic heterocycles. The molecule has 4 nitrogen and oxygen atoms in total. The third-order valence-corrected chi connectivity index (χ3v) is 5.48.